The standard InChI is InChI=1S/C23H23Cl2N3O3/c1-4-7-21(29)28-18-9-6-5-8-15(18)17(27)12-14(26)10-11-16-22(24)19(30-2)13-20(31-3)23(16)25/h5-6,8-9,12-13,27H,10-11,26H2,1-3H3,(H,28,29)/b14-12-,27-17?. The van der Waals surface area contributed by atoms with Gasteiger partial charge in [0.2, 0.25) is 0 Å². The molecule has 0 aliphatic rings. The summed E-state index contributed by atoms with van der Waals surface area (Å²) in [6.45, 7) is 1.58. The second kappa shape index (κ2) is 11.3. The molecule has 0 atom stereocenters. The number of ether oxygens (including phenoxy) is 2. The van der Waals surface area contributed by atoms with Crippen molar-refractivity contribution in [2.75, 3.05) is 19.5 Å². The number of para-hydroxylation sites is 1. The number of nitrogens with two attached hydrogens (primary N) is 1. The lowest BCUT2D eigenvalue weighted by atomic mass is 10.0. The van der Waals surface area contributed by atoms with Crippen molar-refractivity contribution < 1.29 is 14.3 Å². The third-order valence-corrected chi connectivity index (χ3v) is 5.19. The highest BCUT2D eigenvalue weighted by Gasteiger charge is 2.17. The van der Waals surface area contributed by atoms with Crippen molar-refractivity contribution in [3.05, 3.63) is 63.3 Å². The Hall–Kier alpha value is -3.14. The molecule has 0 aliphatic heterocycles. The van der Waals surface area contributed by atoms with Crippen molar-refractivity contribution in [1.29, 1.82) is 5.41 Å². The maximum atomic E-state index is 11.8. The molecule has 31 heavy (non-hydrogen) atoms. The van der Waals surface area contributed by atoms with Gasteiger partial charge in [0.15, 0.2) is 0 Å². The number of methoxy groups -OCH3 is 2. The van der Waals surface area contributed by atoms with Gasteiger partial charge in [-0.2, -0.15) is 0 Å². The van der Waals surface area contributed by atoms with Crippen LogP contribution in [0, 0.1) is 17.3 Å². The smallest absolute Gasteiger partial charge is 0.300 e. The summed E-state index contributed by atoms with van der Waals surface area (Å²) in [5, 5.41) is 11.9. The summed E-state index contributed by atoms with van der Waals surface area (Å²) in [5.74, 6) is 5.41. The fourth-order valence-electron chi connectivity index (χ4n) is 2.85. The molecule has 4 N–H and O–H groups in total. The summed E-state index contributed by atoms with van der Waals surface area (Å²) in [7, 11) is 3.02. The number of halogens is 2. The number of anilines is 1. The van der Waals surface area contributed by atoms with E-state index in [1.54, 1.807) is 37.3 Å². The fraction of sp³-hybridized carbons (Fsp3) is 0.217. The van der Waals surface area contributed by atoms with Gasteiger partial charge in [-0.1, -0.05) is 47.3 Å². The molecule has 0 heterocycles. The largest absolute Gasteiger partial charge is 0.495 e. The van der Waals surface area contributed by atoms with Crippen LogP contribution in [0.25, 0.3) is 0 Å². The van der Waals surface area contributed by atoms with Crippen LogP contribution in [-0.2, 0) is 11.2 Å². The number of hydrogen-bond acceptors (Lipinski definition) is 5. The van der Waals surface area contributed by atoms with Crippen molar-refractivity contribution in [1.82, 2.24) is 0 Å². The Bertz CT molecular complexity index is 1060. The number of benzene rings is 2. The molecular weight excluding hydrogens is 437 g/mol. The highest BCUT2D eigenvalue weighted by atomic mass is 35.5. The number of carbonyl (C=O) groups is 1. The second-order valence-corrected chi connectivity index (χ2v) is 7.15. The van der Waals surface area contributed by atoms with Gasteiger partial charge < -0.3 is 25.9 Å². The van der Waals surface area contributed by atoms with Crippen molar-refractivity contribution in [2.45, 2.75) is 19.8 Å². The van der Waals surface area contributed by atoms with Gasteiger partial charge in [0.05, 0.1) is 35.7 Å². The molecule has 162 valence electrons. The molecule has 1 amide bonds. The quantitative estimate of drug-likeness (QED) is 0.389. The van der Waals surface area contributed by atoms with E-state index in [2.05, 4.69) is 17.2 Å². The highest BCUT2D eigenvalue weighted by Crippen LogP contribution is 2.41. The lowest BCUT2D eigenvalue weighted by molar-refractivity contribution is -0.111. The molecule has 0 unspecified atom stereocenters. The molecule has 8 heteroatoms. The first-order valence-electron chi connectivity index (χ1n) is 9.28. The fourth-order valence-corrected chi connectivity index (χ4v) is 3.54. The van der Waals surface area contributed by atoms with Gasteiger partial charge >= 0.3 is 0 Å². The van der Waals surface area contributed by atoms with E-state index in [9.17, 15) is 4.79 Å². The SMILES string of the molecule is CC#CC(=O)Nc1ccccc1C(=N)/C=C(\N)CCc1c(Cl)c(OC)cc(OC)c1Cl. The summed E-state index contributed by atoms with van der Waals surface area (Å²) in [5.41, 5.74) is 8.42. The minimum Gasteiger partial charge on any atom is -0.495 e. The molecule has 0 saturated carbocycles. The highest BCUT2D eigenvalue weighted by molar-refractivity contribution is 6.37. The Balaban J connectivity index is 2.22. The Labute approximate surface area is 191 Å². The van der Waals surface area contributed by atoms with E-state index in [1.165, 1.54) is 20.3 Å². The zero-order valence-corrected chi connectivity index (χ0v) is 18.9. The number of rotatable bonds is 8. The Morgan fingerprint density at radius 3 is 2.39 bits per heavy atom. The summed E-state index contributed by atoms with van der Waals surface area (Å²) < 4.78 is 10.6. The second-order valence-electron chi connectivity index (χ2n) is 6.40. The third-order valence-electron chi connectivity index (χ3n) is 4.36. The number of allylic oxidation sites excluding steroid dienone is 2. The first-order valence-corrected chi connectivity index (χ1v) is 10.0. The molecule has 2 aromatic carbocycles. The molecule has 0 bridgehead atoms. The maximum absolute atomic E-state index is 11.8. The van der Waals surface area contributed by atoms with Gasteiger partial charge in [0, 0.05) is 17.3 Å². The lowest BCUT2D eigenvalue weighted by Gasteiger charge is -2.14. The van der Waals surface area contributed by atoms with Crippen LogP contribution in [0.1, 0.15) is 24.5 Å². The normalized spacial score (nSPS) is 10.7. The molecule has 0 aromatic heterocycles. The molecule has 6 nitrogen and oxygen atoms in total. The van der Waals surface area contributed by atoms with Crippen LogP contribution in [0.3, 0.4) is 0 Å². The third kappa shape index (κ3) is 6.17. The first kappa shape index (κ1) is 24.1. The van der Waals surface area contributed by atoms with E-state index >= 15 is 0 Å². The molecular formula is C23H23Cl2N3O3. The minimum atomic E-state index is -0.448. The molecule has 0 spiro atoms. The summed E-state index contributed by atoms with van der Waals surface area (Å²) in [4.78, 5) is 11.8. The number of nitrogens with one attached hydrogen (secondary N) is 2. The molecule has 0 fully saturated rings. The van der Waals surface area contributed by atoms with E-state index in [0.29, 0.717) is 56.9 Å². The summed E-state index contributed by atoms with van der Waals surface area (Å²) in [6, 6.07) is 8.58. The molecule has 0 radical (unpaired) electrons. The Morgan fingerprint density at radius 1 is 1.19 bits per heavy atom. The lowest BCUT2D eigenvalue weighted by Crippen LogP contribution is -2.12. The Morgan fingerprint density at radius 2 is 1.81 bits per heavy atom. The van der Waals surface area contributed by atoms with Gasteiger partial charge in [0.25, 0.3) is 5.91 Å². The molecule has 0 saturated heterocycles. The zero-order valence-electron chi connectivity index (χ0n) is 17.4. The van der Waals surface area contributed by atoms with Crippen LogP contribution in [0.2, 0.25) is 10.0 Å². The van der Waals surface area contributed by atoms with Gasteiger partial charge in [-0.15, -0.1) is 0 Å². The van der Waals surface area contributed by atoms with Gasteiger partial charge in [-0.25, -0.2) is 0 Å². The van der Waals surface area contributed by atoms with Crippen molar-refractivity contribution in [2.24, 2.45) is 5.73 Å². The van der Waals surface area contributed by atoms with E-state index in [-0.39, 0.29) is 5.71 Å². The van der Waals surface area contributed by atoms with Crippen molar-refractivity contribution >= 4 is 40.5 Å². The van der Waals surface area contributed by atoms with E-state index in [0.717, 1.165) is 0 Å². The molecule has 2 aromatic rings. The van der Waals surface area contributed by atoms with Gasteiger partial charge in [-0.05, 0) is 43.4 Å². The maximum Gasteiger partial charge on any atom is 0.300 e. The Kier molecular flexibility index (Phi) is 8.80. The first-order chi connectivity index (χ1) is 14.8. The predicted molar refractivity (Wildman–Crippen MR) is 126 cm³/mol. The summed E-state index contributed by atoms with van der Waals surface area (Å²) in [6.07, 6.45) is 2.36. The topological polar surface area (TPSA) is 97.4 Å². The predicted octanol–water partition coefficient (Wildman–Crippen LogP) is 4.82. The number of hydrogen-bond donors (Lipinski definition) is 3. The zero-order chi connectivity index (χ0) is 23.0. The van der Waals surface area contributed by atoms with Crippen LogP contribution in [0.4, 0.5) is 5.69 Å². The van der Waals surface area contributed by atoms with Gasteiger partial charge in [0.1, 0.15) is 11.5 Å². The monoisotopic (exact) mass is 459 g/mol. The average molecular weight is 460 g/mol. The van der Waals surface area contributed by atoms with Crippen molar-refractivity contribution in [3.63, 3.8) is 0 Å². The molecule has 2 rings (SSSR count). The van der Waals surface area contributed by atoms with Crippen molar-refractivity contribution in [3.8, 4) is 23.3 Å². The number of amides is 1. The van der Waals surface area contributed by atoms with Crippen LogP contribution < -0.4 is 20.5 Å². The molecule has 0 aliphatic carbocycles. The van der Waals surface area contributed by atoms with Crippen LogP contribution in [0.5, 0.6) is 11.5 Å². The minimum absolute atomic E-state index is 0.151. The van der Waals surface area contributed by atoms with E-state index in [1.807, 2.05) is 0 Å². The number of carbonyl (C=O) groups excluding carboxylic acids is 1. The van der Waals surface area contributed by atoms with E-state index in [4.69, 9.17) is 43.8 Å². The van der Waals surface area contributed by atoms with Gasteiger partial charge in [-0.3, -0.25) is 4.79 Å². The van der Waals surface area contributed by atoms with Crippen LogP contribution in [-0.4, -0.2) is 25.8 Å². The average Bonchev–Trinajstić information content (AvgIpc) is 2.74. The van der Waals surface area contributed by atoms with E-state index < -0.39 is 5.91 Å². The van der Waals surface area contributed by atoms with Crippen LogP contribution in [0.15, 0.2) is 42.1 Å². The summed E-state index contributed by atoms with van der Waals surface area (Å²) >= 11 is 12.8. The van der Waals surface area contributed by atoms with Crippen LogP contribution >= 0.6 is 23.2 Å².